The summed E-state index contributed by atoms with van der Waals surface area (Å²) in [4.78, 5) is 24.5. The Balaban J connectivity index is 1.72. The number of ether oxygens (including phenoxy) is 4. The van der Waals surface area contributed by atoms with Gasteiger partial charge in [-0.2, -0.15) is 0 Å². The Kier molecular flexibility index (Phi) is 8.08. The van der Waals surface area contributed by atoms with E-state index in [0.717, 1.165) is 48.0 Å². The standard InChI is InChI=1S/C29H38O7/c1-5-7-8-9-14-29(3,32)25-16-21-22(36-25)17-23-26(27(21)33-4)20(18-10-12-19(30)13-11-18)15-24(35-23)28(31)34-6-2/h15,17,25,32H,5-14,16H2,1-4H3/t25-,29+/m1/s1. The molecule has 7 heteroatoms. The Morgan fingerprint density at radius 1 is 1.14 bits per heavy atom. The molecule has 3 aliphatic rings. The fraction of sp³-hybridized carbons (Fsp3) is 0.586. The zero-order chi connectivity index (χ0) is 25.9. The van der Waals surface area contributed by atoms with Crippen LogP contribution in [0.4, 0.5) is 0 Å². The fourth-order valence-corrected chi connectivity index (χ4v) is 5.34. The number of Topliss-reactive ketones (excluding diaryl/α,β-unsaturated/α-hetero) is 1. The number of fused-ring (bicyclic) bond motifs is 2. The van der Waals surface area contributed by atoms with Crippen LogP contribution in [0.2, 0.25) is 0 Å². The SMILES string of the molecule is CCCCCC[C@](C)(O)[C@H]1Cc2c(cc3c(c2OC)C(=C2CCC(=O)CC2)C=C(C(=O)OCC)O3)O1. The highest BCUT2D eigenvalue weighted by molar-refractivity contribution is 5.97. The second kappa shape index (κ2) is 11.1. The van der Waals surface area contributed by atoms with Crippen LogP contribution in [0.5, 0.6) is 17.2 Å². The van der Waals surface area contributed by atoms with E-state index >= 15 is 0 Å². The van der Waals surface area contributed by atoms with Crippen LogP contribution >= 0.6 is 0 Å². The quantitative estimate of drug-likeness (QED) is 0.357. The van der Waals surface area contributed by atoms with Crippen molar-refractivity contribution in [2.45, 2.75) is 96.7 Å². The topological polar surface area (TPSA) is 91.3 Å². The number of hydrogen-bond donors (Lipinski definition) is 1. The molecule has 4 rings (SSSR count). The predicted molar refractivity (Wildman–Crippen MR) is 136 cm³/mol. The lowest BCUT2D eigenvalue weighted by Crippen LogP contribution is -2.42. The van der Waals surface area contributed by atoms with Crippen molar-refractivity contribution in [2.75, 3.05) is 13.7 Å². The molecule has 196 valence electrons. The van der Waals surface area contributed by atoms with Gasteiger partial charge in [0.15, 0.2) is 0 Å². The highest BCUT2D eigenvalue weighted by atomic mass is 16.6. The largest absolute Gasteiger partial charge is 0.496 e. The van der Waals surface area contributed by atoms with Crippen molar-refractivity contribution < 1.29 is 33.6 Å². The minimum atomic E-state index is -0.988. The number of benzene rings is 1. The van der Waals surface area contributed by atoms with Gasteiger partial charge in [-0.1, -0.05) is 38.2 Å². The van der Waals surface area contributed by atoms with Crippen molar-refractivity contribution in [3.8, 4) is 17.2 Å². The van der Waals surface area contributed by atoms with Crippen molar-refractivity contribution in [1.82, 2.24) is 0 Å². The monoisotopic (exact) mass is 498 g/mol. The van der Waals surface area contributed by atoms with E-state index in [4.69, 9.17) is 18.9 Å². The number of carbonyl (C=O) groups excluding carboxylic acids is 2. The van der Waals surface area contributed by atoms with Gasteiger partial charge in [0.25, 0.3) is 0 Å². The molecule has 2 atom stereocenters. The summed E-state index contributed by atoms with van der Waals surface area (Å²) in [5.41, 5.74) is 2.61. The van der Waals surface area contributed by atoms with Crippen LogP contribution in [0.3, 0.4) is 0 Å². The second-order valence-corrected chi connectivity index (χ2v) is 10.1. The van der Waals surface area contributed by atoms with Crippen molar-refractivity contribution >= 4 is 17.3 Å². The summed E-state index contributed by atoms with van der Waals surface area (Å²) < 4.78 is 23.4. The number of unbranched alkanes of at least 4 members (excludes halogenated alkanes) is 3. The fourth-order valence-electron chi connectivity index (χ4n) is 5.34. The first-order valence-electron chi connectivity index (χ1n) is 13.2. The van der Waals surface area contributed by atoms with E-state index in [1.807, 2.05) is 6.92 Å². The van der Waals surface area contributed by atoms with Crippen molar-refractivity contribution in [3.05, 3.63) is 34.6 Å². The molecule has 0 radical (unpaired) electrons. The van der Waals surface area contributed by atoms with Gasteiger partial charge in [-0.15, -0.1) is 0 Å². The lowest BCUT2D eigenvalue weighted by atomic mass is 9.84. The molecule has 0 saturated heterocycles. The van der Waals surface area contributed by atoms with Crippen LogP contribution in [0.1, 0.15) is 89.7 Å². The third-order valence-electron chi connectivity index (χ3n) is 7.43. The average molecular weight is 499 g/mol. The summed E-state index contributed by atoms with van der Waals surface area (Å²) in [5.74, 6) is 1.49. The number of aliphatic hydroxyl groups is 1. The third-order valence-corrected chi connectivity index (χ3v) is 7.43. The first-order chi connectivity index (χ1) is 17.3. The summed E-state index contributed by atoms with van der Waals surface area (Å²) in [6.45, 7) is 5.99. The summed E-state index contributed by atoms with van der Waals surface area (Å²) in [6, 6.07) is 1.79. The van der Waals surface area contributed by atoms with Crippen LogP contribution in [0, 0.1) is 0 Å². The average Bonchev–Trinajstić information content (AvgIpc) is 3.30. The first-order valence-corrected chi connectivity index (χ1v) is 13.2. The van der Waals surface area contributed by atoms with E-state index in [-0.39, 0.29) is 18.1 Å². The number of rotatable bonds is 9. The normalized spacial score (nSPS) is 20.5. The minimum Gasteiger partial charge on any atom is -0.496 e. The predicted octanol–water partition coefficient (Wildman–Crippen LogP) is 5.46. The molecule has 1 N–H and O–H groups in total. The maximum atomic E-state index is 12.6. The zero-order valence-corrected chi connectivity index (χ0v) is 21.9. The highest BCUT2D eigenvalue weighted by Gasteiger charge is 2.42. The molecule has 0 spiro atoms. The summed E-state index contributed by atoms with van der Waals surface area (Å²) >= 11 is 0. The summed E-state index contributed by atoms with van der Waals surface area (Å²) in [6.07, 6.45) is 9.03. The molecule has 7 nitrogen and oxygen atoms in total. The van der Waals surface area contributed by atoms with Crippen LogP contribution in [0.25, 0.3) is 5.57 Å². The minimum absolute atomic E-state index is 0.100. The lowest BCUT2D eigenvalue weighted by Gasteiger charge is -2.29. The number of esters is 1. The van der Waals surface area contributed by atoms with Gasteiger partial charge in [-0.25, -0.2) is 4.79 Å². The molecule has 2 heterocycles. The Labute approximate surface area is 213 Å². The summed E-state index contributed by atoms with van der Waals surface area (Å²) in [5, 5.41) is 11.3. The molecule has 0 aromatic heterocycles. The molecule has 0 unspecified atom stereocenters. The van der Waals surface area contributed by atoms with E-state index in [1.165, 1.54) is 0 Å². The maximum absolute atomic E-state index is 12.6. The second-order valence-electron chi connectivity index (χ2n) is 10.1. The Morgan fingerprint density at radius 2 is 1.89 bits per heavy atom. The van der Waals surface area contributed by atoms with Crippen LogP contribution < -0.4 is 14.2 Å². The van der Waals surface area contributed by atoms with Gasteiger partial charge >= 0.3 is 5.97 Å². The highest BCUT2D eigenvalue weighted by Crippen LogP contribution is 2.51. The van der Waals surface area contributed by atoms with Gasteiger partial charge < -0.3 is 24.1 Å². The molecular weight excluding hydrogens is 460 g/mol. The van der Waals surface area contributed by atoms with E-state index < -0.39 is 17.7 Å². The van der Waals surface area contributed by atoms with Gasteiger partial charge in [-0.3, -0.25) is 4.79 Å². The van der Waals surface area contributed by atoms with Crippen molar-refractivity contribution in [1.29, 1.82) is 0 Å². The number of methoxy groups -OCH3 is 1. The molecule has 36 heavy (non-hydrogen) atoms. The van der Waals surface area contributed by atoms with Crippen LogP contribution in [-0.2, 0) is 20.7 Å². The van der Waals surface area contributed by atoms with E-state index in [1.54, 1.807) is 26.2 Å². The molecule has 1 aliphatic carbocycles. The number of carbonyl (C=O) groups is 2. The molecule has 0 bridgehead atoms. The molecule has 1 aromatic carbocycles. The van der Waals surface area contributed by atoms with E-state index in [9.17, 15) is 14.7 Å². The molecular formula is C29H38O7. The lowest BCUT2D eigenvalue weighted by molar-refractivity contribution is -0.141. The molecule has 0 amide bonds. The van der Waals surface area contributed by atoms with Gasteiger partial charge in [0, 0.05) is 30.9 Å². The maximum Gasteiger partial charge on any atom is 0.374 e. The Hall–Kier alpha value is -2.80. The number of hydrogen-bond acceptors (Lipinski definition) is 7. The van der Waals surface area contributed by atoms with Gasteiger partial charge in [-0.05, 0) is 44.8 Å². The number of ketones is 1. The molecule has 1 aromatic rings. The van der Waals surface area contributed by atoms with E-state index in [0.29, 0.717) is 55.8 Å². The van der Waals surface area contributed by atoms with E-state index in [2.05, 4.69) is 6.92 Å². The molecule has 1 fully saturated rings. The van der Waals surface area contributed by atoms with Gasteiger partial charge in [0.2, 0.25) is 5.76 Å². The first kappa shape index (κ1) is 26.3. The summed E-state index contributed by atoms with van der Waals surface area (Å²) in [7, 11) is 1.61. The molecule has 2 aliphatic heterocycles. The van der Waals surface area contributed by atoms with Crippen LogP contribution in [-0.4, -0.2) is 42.3 Å². The Morgan fingerprint density at radius 3 is 2.56 bits per heavy atom. The van der Waals surface area contributed by atoms with Gasteiger partial charge in [0.1, 0.15) is 29.1 Å². The zero-order valence-electron chi connectivity index (χ0n) is 21.9. The molecule has 1 saturated carbocycles. The van der Waals surface area contributed by atoms with Crippen molar-refractivity contribution in [2.24, 2.45) is 0 Å². The van der Waals surface area contributed by atoms with Crippen LogP contribution in [0.15, 0.2) is 23.5 Å². The Bertz CT molecular complexity index is 1070. The smallest absolute Gasteiger partial charge is 0.374 e. The van der Waals surface area contributed by atoms with Gasteiger partial charge in [0.05, 0.1) is 24.9 Å². The number of allylic oxidation sites excluding steroid dienone is 3. The van der Waals surface area contributed by atoms with Crippen molar-refractivity contribution in [3.63, 3.8) is 0 Å². The third kappa shape index (κ3) is 5.31.